The van der Waals surface area contributed by atoms with Crippen LogP contribution in [0.4, 0.5) is 0 Å². The molecule has 0 fully saturated rings. The van der Waals surface area contributed by atoms with E-state index in [0.29, 0.717) is 6.54 Å². The summed E-state index contributed by atoms with van der Waals surface area (Å²) in [5, 5.41) is 20.2. The fraction of sp³-hybridized carbons (Fsp3) is 0.316. The highest BCUT2D eigenvalue weighted by atomic mass is 32.2. The number of aryl methyl sites for hydroxylation is 1. The minimum atomic E-state index is -0.483. The second kappa shape index (κ2) is 6.77. The van der Waals surface area contributed by atoms with Crippen LogP contribution in [-0.2, 0) is 0 Å². The molecule has 1 heterocycles. The van der Waals surface area contributed by atoms with Crippen molar-refractivity contribution in [2.24, 2.45) is 4.99 Å². The van der Waals surface area contributed by atoms with Crippen LogP contribution >= 0.6 is 11.8 Å². The maximum atomic E-state index is 10.4. The highest BCUT2D eigenvalue weighted by molar-refractivity contribution is 7.99. The molecule has 3 rings (SSSR count). The molecule has 2 aromatic rings. The number of hydrogen-bond acceptors (Lipinski definition) is 4. The van der Waals surface area contributed by atoms with E-state index in [1.165, 1.54) is 5.56 Å². The maximum absolute atomic E-state index is 10.4. The fourth-order valence-corrected chi connectivity index (χ4v) is 4.26. The Labute approximate surface area is 141 Å². The van der Waals surface area contributed by atoms with E-state index in [-0.39, 0.29) is 11.0 Å². The molecule has 2 unspecified atom stereocenters. The number of aliphatic imine (C=N–C) groups is 1. The third kappa shape index (κ3) is 3.59. The van der Waals surface area contributed by atoms with Crippen molar-refractivity contribution in [3.63, 3.8) is 0 Å². The van der Waals surface area contributed by atoms with E-state index in [0.717, 1.165) is 28.2 Å². The highest BCUT2D eigenvalue weighted by Gasteiger charge is 2.28. The number of benzene rings is 2. The summed E-state index contributed by atoms with van der Waals surface area (Å²) < 4.78 is 0. The molecule has 23 heavy (non-hydrogen) atoms. The van der Waals surface area contributed by atoms with Gasteiger partial charge in [0.25, 0.3) is 0 Å². The Morgan fingerprint density at radius 3 is 2.70 bits per heavy atom. The first-order chi connectivity index (χ1) is 11.0. The Bertz CT molecular complexity index is 726. The van der Waals surface area contributed by atoms with E-state index >= 15 is 0 Å². The second-order valence-corrected chi connectivity index (χ2v) is 7.26. The number of hydrogen-bond donors (Lipinski definition) is 2. The van der Waals surface area contributed by atoms with Gasteiger partial charge in [-0.25, -0.2) is 0 Å². The molecule has 1 aliphatic heterocycles. The van der Waals surface area contributed by atoms with Gasteiger partial charge in [-0.3, -0.25) is 4.99 Å². The van der Waals surface area contributed by atoms with Gasteiger partial charge in [-0.05, 0) is 37.1 Å². The number of nitrogens with zero attached hydrogens (tertiary/aromatic N) is 1. The Morgan fingerprint density at radius 2 is 2.00 bits per heavy atom. The van der Waals surface area contributed by atoms with Gasteiger partial charge in [0.1, 0.15) is 5.75 Å². The lowest BCUT2D eigenvalue weighted by Gasteiger charge is -2.27. The minimum absolute atomic E-state index is 0.276. The van der Waals surface area contributed by atoms with E-state index in [1.807, 2.05) is 25.1 Å². The van der Waals surface area contributed by atoms with E-state index in [4.69, 9.17) is 0 Å². The van der Waals surface area contributed by atoms with E-state index in [2.05, 4.69) is 23.2 Å². The molecule has 0 radical (unpaired) electrons. The average molecular weight is 327 g/mol. The SMILES string of the molecule is Cc1cc(O)c2c(c1)SC(c1ccccc1)CC2=NCC(C)O. The standard InChI is InChI=1S/C19H21NO2S/c1-12-8-16(22)19-15(20-11-13(2)21)10-17(23-18(19)9-12)14-6-4-3-5-7-14/h3-9,13,17,21-22H,10-11H2,1-2H3. The van der Waals surface area contributed by atoms with Gasteiger partial charge in [0, 0.05) is 22.3 Å². The molecule has 2 N–H and O–H groups in total. The third-order valence-corrected chi connectivity index (χ3v) is 5.18. The average Bonchev–Trinajstić information content (AvgIpc) is 2.52. The number of rotatable bonds is 3. The second-order valence-electron chi connectivity index (χ2n) is 6.01. The zero-order valence-corrected chi connectivity index (χ0v) is 14.2. The van der Waals surface area contributed by atoms with Crippen LogP contribution in [0.15, 0.2) is 52.4 Å². The summed E-state index contributed by atoms with van der Waals surface area (Å²) in [6.45, 7) is 4.07. The summed E-state index contributed by atoms with van der Waals surface area (Å²) in [6.07, 6.45) is 0.272. The molecule has 120 valence electrons. The van der Waals surface area contributed by atoms with E-state index in [9.17, 15) is 10.2 Å². The Kier molecular flexibility index (Phi) is 4.74. The molecule has 4 heteroatoms. The minimum Gasteiger partial charge on any atom is -0.507 e. The first-order valence-corrected chi connectivity index (χ1v) is 8.69. The number of phenolic OH excluding ortho intramolecular Hbond substituents is 1. The zero-order valence-electron chi connectivity index (χ0n) is 13.4. The first kappa shape index (κ1) is 16.1. The topological polar surface area (TPSA) is 52.8 Å². The summed E-state index contributed by atoms with van der Waals surface area (Å²) in [5.41, 5.74) is 4.01. The molecule has 0 saturated carbocycles. The predicted molar refractivity (Wildman–Crippen MR) is 95.6 cm³/mol. The summed E-state index contributed by atoms with van der Waals surface area (Å²) in [6, 6.07) is 14.3. The quantitative estimate of drug-likeness (QED) is 0.892. The van der Waals surface area contributed by atoms with Crippen molar-refractivity contribution in [2.45, 2.75) is 36.5 Å². The van der Waals surface area contributed by atoms with E-state index in [1.54, 1.807) is 24.8 Å². The summed E-state index contributed by atoms with van der Waals surface area (Å²) in [7, 11) is 0. The van der Waals surface area contributed by atoms with Gasteiger partial charge in [-0.15, -0.1) is 11.8 Å². The Balaban J connectivity index is 2.04. The first-order valence-electron chi connectivity index (χ1n) is 7.81. The number of thioether (sulfide) groups is 1. The van der Waals surface area contributed by atoms with Gasteiger partial charge in [0.2, 0.25) is 0 Å². The lowest BCUT2D eigenvalue weighted by molar-refractivity contribution is 0.204. The van der Waals surface area contributed by atoms with Crippen molar-refractivity contribution in [2.75, 3.05) is 6.54 Å². The van der Waals surface area contributed by atoms with Crippen LogP contribution in [0.2, 0.25) is 0 Å². The van der Waals surface area contributed by atoms with Crippen LogP contribution < -0.4 is 0 Å². The van der Waals surface area contributed by atoms with Crippen LogP contribution in [0, 0.1) is 6.92 Å². The maximum Gasteiger partial charge on any atom is 0.126 e. The van der Waals surface area contributed by atoms with Gasteiger partial charge in [-0.2, -0.15) is 0 Å². The smallest absolute Gasteiger partial charge is 0.126 e. The van der Waals surface area contributed by atoms with Crippen molar-refractivity contribution in [3.05, 3.63) is 59.2 Å². The van der Waals surface area contributed by atoms with Crippen LogP contribution in [-0.4, -0.2) is 28.6 Å². The number of fused-ring (bicyclic) bond motifs is 1. The largest absolute Gasteiger partial charge is 0.507 e. The molecule has 1 aliphatic rings. The molecule has 3 nitrogen and oxygen atoms in total. The molecule has 2 atom stereocenters. The Hall–Kier alpha value is -1.78. The number of aliphatic hydroxyl groups is 1. The number of aliphatic hydroxyl groups excluding tert-OH is 1. The van der Waals surface area contributed by atoms with Gasteiger partial charge in [0.05, 0.1) is 18.2 Å². The molecule has 0 spiro atoms. The number of phenols is 1. The van der Waals surface area contributed by atoms with E-state index < -0.39 is 6.10 Å². The third-order valence-electron chi connectivity index (χ3n) is 3.88. The molecule has 0 saturated heterocycles. The van der Waals surface area contributed by atoms with Crippen molar-refractivity contribution < 1.29 is 10.2 Å². The van der Waals surface area contributed by atoms with Crippen molar-refractivity contribution in [3.8, 4) is 5.75 Å². The summed E-state index contributed by atoms with van der Waals surface area (Å²) in [5.74, 6) is 0.281. The molecule has 0 aromatic heterocycles. The van der Waals surface area contributed by atoms with Crippen molar-refractivity contribution in [1.29, 1.82) is 0 Å². The molecule has 0 amide bonds. The highest BCUT2D eigenvalue weighted by Crippen LogP contribution is 2.47. The molecular formula is C19H21NO2S. The van der Waals surface area contributed by atoms with Crippen LogP contribution in [0.25, 0.3) is 0 Å². The fourth-order valence-electron chi connectivity index (χ4n) is 2.83. The molecule has 2 aromatic carbocycles. The molecule has 0 bridgehead atoms. The monoisotopic (exact) mass is 327 g/mol. The van der Waals surface area contributed by atoms with Crippen LogP contribution in [0.5, 0.6) is 5.75 Å². The lowest BCUT2D eigenvalue weighted by atomic mass is 9.98. The van der Waals surface area contributed by atoms with Crippen molar-refractivity contribution >= 4 is 17.5 Å². The molecule has 0 aliphatic carbocycles. The number of aromatic hydroxyl groups is 1. The summed E-state index contributed by atoms with van der Waals surface area (Å²) in [4.78, 5) is 5.65. The van der Waals surface area contributed by atoms with Gasteiger partial charge < -0.3 is 10.2 Å². The van der Waals surface area contributed by atoms with Crippen molar-refractivity contribution in [1.82, 2.24) is 0 Å². The predicted octanol–water partition coefficient (Wildman–Crippen LogP) is 4.11. The van der Waals surface area contributed by atoms with Crippen LogP contribution in [0.1, 0.15) is 35.3 Å². The zero-order chi connectivity index (χ0) is 16.4. The normalized spacial score (nSPS) is 20.3. The van der Waals surface area contributed by atoms with Gasteiger partial charge in [-0.1, -0.05) is 30.3 Å². The van der Waals surface area contributed by atoms with Gasteiger partial charge in [0.15, 0.2) is 0 Å². The Morgan fingerprint density at radius 1 is 1.26 bits per heavy atom. The summed E-state index contributed by atoms with van der Waals surface area (Å²) >= 11 is 1.77. The molecular weight excluding hydrogens is 306 g/mol. The lowest BCUT2D eigenvalue weighted by Crippen LogP contribution is -2.16. The van der Waals surface area contributed by atoms with Crippen LogP contribution in [0.3, 0.4) is 0 Å². The van der Waals surface area contributed by atoms with Gasteiger partial charge >= 0.3 is 0 Å².